The van der Waals surface area contributed by atoms with Gasteiger partial charge in [-0.25, -0.2) is 0 Å². The zero-order valence-corrected chi connectivity index (χ0v) is 14.5. The Balaban J connectivity index is 2.35. The lowest BCUT2D eigenvalue weighted by molar-refractivity contribution is 0.338. The van der Waals surface area contributed by atoms with Gasteiger partial charge < -0.3 is 10.1 Å². The van der Waals surface area contributed by atoms with E-state index in [2.05, 4.69) is 51.7 Å². The summed E-state index contributed by atoms with van der Waals surface area (Å²) in [5.41, 5.74) is 2.67. The Morgan fingerprint density at radius 3 is 2.70 bits per heavy atom. The molecule has 1 heterocycles. The Hall–Kier alpha value is -0.840. The van der Waals surface area contributed by atoms with Crippen LogP contribution in [0.5, 0.6) is 5.75 Å². The molecule has 0 aliphatic heterocycles. The molecular weight excluding hydrogens is 334 g/mol. The predicted octanol–water partition coefficient (Wildman–Crippen LogP) is 4.78. The molecule has 1 atom stereocenters. The first-order valence-electron chi connectivity index (χ1n) is 6.87. The molecule has 2 nitrogen and oxygen atoms in total. The molecule has 20 heavy (non-hydrogen) atoms. The molecule has 0 saturated heterocycles. The molecule has 1 N–H and O–H groups in total. The van der Waals surface area contributed by atoms with Gasteiger partial charge in [-0.2, -0.15) is 0 Å². The molecule has 0 saturated carbocycles. The minimum absolute atomic E-state index is 0.233. The average molecular weight is 354 g/mol. The molecule has 0 amide bonds. The van der Waals surface area contributed by atoms with Crippen LogP contribution < -0.4 is 10.1 Å². The fourth-order valence-corrected chi connectivity index (χ4v) is 3.95. The molecule has 0 radical (unpaired) electrons. The summed E-state index contributed by atoms with van der Waals surface area (Å²) in [6.45, 7) is 4.88. The first-order chi connectivity index (χ1) is 9.71. The Labute approximate surface area is 133 Å². The standard InChI is InChI=1S/C16H20BrNOS/c1-4-11-8-9-20-16(11)15(18-3)12-6-7-14(19-5-2)13(17)10-12/h6-10,15,18H,4-5H2,1-3H3. The molecule has 2 rings (SSSR count). The summed E-state index contributed by atoms with van der Waals surface area (Å²) >= 11 is 5.41. The maximum atomic E-state index is 5.58. The number of benzene rings is 1. The van der Waals surface area contributed by atoms with Gasteiger partial charge in [0, 0.05) is 4.88 Å². The Bertz CT molecular complexity index is 567. The highest BCUT2D eigenvalue weighted by molar-refractivity contribution is 9.10. The third-order valence-electron chi connectivity index (χ3n) is 3.30. The van der Waals surface area contributed by atoms with E-state index in [1.54, 1.807) is 0 Å². The van der Waals surface area contributed by atoms with E-state index < -0.39 is 0 Å². The quantitative estimate of drug-likeness (QED) is 0.806. The van der Waals surface area contributed by atoms with Crippen molar-refractivity contribution < 1.29 is 4.74 Å². The average Bonchev–Trinajstić information content (AvgIpc) is 2.91. The minimum Gasteiger partial charge on any atom is -0.493 e. The molecular formula is C16H20BrNOS. The van der Waals surface area contributed by atoms with Crippen molar-refractivity contribution in [1.29, 1.82) is 0 Å². The van der Waals surface area contributed by atoms with Crippen LogP contribution in [0.2, 0.25) is 0 Å². The van der Waals surface area contributed by atoms with Gasteiger partial charge in [0.25, 0.3) is 0 Å². The van der Waals surface area contributed by atoms with E-state index in [1.165, 1.54) is 16.0 Å². The zero-order chi connectivity index (χ0) is 14.5. The maximum Gasteiger partial charge on any atom is 0.133 e. The fraction of sp³-hybridized carbons (Fsp3) is 0.375. The molecule has 0 fully saturated rings. The number of hydrogen-bond acceptors (Lipinski definition) is 3. The molecule has 0 aliphatic rings. The summed E-state index contributed by atoms with van der Waals surface area (Å²) in [6, 6.07) is 8.76. The van der Waals surface area contributed by atoms with Gasteiger partial charge in [0.2, 0.25) is 0 Å². The van der Waals surface area contributed by atoms with Crippen LogP contribution in [0.4, 0.5) is 0 Å². The van der Waals surface area contributed by atoms with E-state index in [0.29, 0.717) is 6.61 Å². The van der Waals surface area contributed by atoms with E-state index >= 15 is 0 Å². The summed E-state index contributed by atoms with van der Waals surface area (Å²) < 4.78 is 6.58. The Kier molecular flexibility index (Phi) is 5.64. The molecule has 1 aromatic carbocycles. The van der Waals surface area contributed by atoms with Crippen molar-refractivity contribution in [3.05, 3.63) is 50.1 Å². The van der Waals surface area contributed by atoms with Crippen LogP contribution in [-0.4, -0.2) is 13.7 Å². The Morgan fingerprint density at radius 2 is 2.10 bits per heavy atom. The van der Waals surface area contributed by atoms with Gasteiger partial charge in [0.1, 0.15) is 5.75 Å². The molecule has 0 bridgehead atoms. The first-order valence-corrected chi connectivity index (χ1v) is 8.54. The highest BCUT2D eigenvalue weighted by Crippen LogP contribution is 2.34. The maximum absolute atomic E-state index is 5.58. The molecule has 2 aromatic rings. The lowest BCUT2D eigenvalue weighted by Crippen LogP contribution is -2.17. The number of rotatable bonds is 6. The van der Waals surface area contributed by atoms with Crippen LogP contribution >= 0.6 is 27.3 Å². The number of halogens is 1. The van der Waals surface area contributed by atoms with Gasteiger partial charge in [-0.1, -0.05) is 13.0 Å². The van der Waals surface area contributed by atoms with Crippen molar-refractivity contribution in [3.63, 3.8) is 0 Å². The second-order valence-corrected chi connectivity index (χ2v) is 6.31. The lowest BCUT2D eigenvalue weighted by atomic mass is 10.0. The van der Waals surface area contributed by atoms with E-state index in [4.69, 9.17) is 4.74 Å². The predicted molar refractivity (Wildman–Crippen MR) is 89.9 cm³/mol. The van der Waals surface area contributed by atoms with Crippen LogP contribution in [0.1, 0.15) is 35.9 Å². The van der Waals surface area contributed by atoms with Crippen LogP contribution in [0.15, 0.2) is 34.1 Å². The van der Waals surface area contributed by atoms with Gasteiger partial charge in [0.15, 0.2) is 0 Å². The fourth-order valence-electron chi connectivity index (χ4n) is 2.31. The summed E-state index contributed by atoms with van der Waals surface area (Å²) in [5, 5.41) is 5.59. The molecule has 108 valence electrons. The second kappa shape index (κ2) is 7.25. The summed E-state index contributed by atoms with van der Waals surface area (Å²) in [4.78, 5) is 1.39. The molecule has 0 aliphatic carbocycles. The number of aryl methyl sites for hydroxylation is 1. The van der Waals surface area contributed by atoms with Gasteiger partial charge in [-0.3, -0.25) is 0 Å². The van der Waals surface area contributed by atoms with E-state index in [-0.39, 0.29) is 6.04 Å². The van der Waals surface area contributed by atoms with Gasteiger partial charge in [0.05, 0.1) is 17.1 Å². The van der Waals surface area contributed by atoms with Crippen molar-refractivity contribution in [2.75, 3.05) is 13.7 Å². The highest BCUT2D eigenvalue weighted by atomic mass is 79.9. The molecule has 1 unspecified atom stereocenters. The van der Waals surface area contributed by atoms with Gasteiger partial charge >= 0.3 is 0 Å². The number of ether oxygens (including phenoxy) is 1. The van der Waals surface area contributed by atoms with Gasteiger partial charge in [-0.15, -0.1) is 11.3 Å². The summed E-state index contributed by atoms with van der Waals surface area (Å²) in [7, 11) is 2.01. The van der Waals surface area contributed by atoms with Gasteiger partial charge in [-0.05, 0) is 71.0 Å². The highest BCUT2D eigenvalue weighted by Gasteiger charge is 2.17. The third-order valence-corrected chi connectivity index (χ3v) is 4.95. The monoisotopic (exact) mass is 353 g/mol. The summed E-state index contributed by atoms with van der Waals surface area (Å²) in [5.74, 6) is 0.896. The Morgan fingerprint density at radius 1 is 1.30 bits per heavy atom. The number of hydrogen-bond donors (Lipinski definition) is 1. The van der Waals surface area contributed by atoms with Crippen LogP contribution in [0.25, 0.3) is 0 Å². The van der Waals surface area contributed by atoms with Crippen molar-refractivity contribution in [2.45, 2.75) is 26.3 Å². The largest absolute Gasteiger partial charge is 0.493 e. The second-order valence-electron chi connectivity index (χ2n) is 4.51. The van der Waals surface area contributed by atoms with Crippen molar-refractivity contribution in [3.8, 4) is 5.75 Å². The van der Waals surface area contributed by atoms with Crippen LogP contribution in [0.3, 0.4) is 0 Å². The molecule has 1 aromatic heterocycles. The van der Waals surface area contributed by atoms with Crippen LogP contribution in [-0.2, 0) is 6.42 Å². The van der Waals surface area contributed by atoms with Crippen molar-refractivity contribution in [2.24, 2.45) is 0 Å². The number of nitrogens with one attached hydrogen (secondary N) is 1. The number of thiophene rings is 1. The molecule has 4 heteroatoms. The van der Waals surface area contributed by atoms with E-state index in [0.717, 1.165) is 16.6 Å². The normalized spacial score (nSPS) is 12.4. The van der Waals surface area contributed by atoms with E-state index in [9.17, 15) is 0 Å². The van der Waals surface area contributed by atoms with Crippen molar-refractivity contribution in [1.82, 2.24) is 5.32 Å². The lowest BCUT2D eigenvalue weighted by Gasteiger charge is -2.18. The summed E-state index contributed by atoms with van der Waals surface area (Å²) in [6.07, 6.45) is 1.06. The third kappa shape index (κ3) is 3.25. The SMILES string of the molecule is CCOc1ccc(C(NC)c2sccc2CC)cc1Br. The zero-order valence-electron chi connectivity index (χ0n) is 12.1. The smallest absolute Gasteiger partial charge is 0.133 e. The first kappa shape index (κ1) is 15.5. The van der Waals surface area contributed by atoms with Crippen molar-refractivity contribution >= 4 is 27.3 Å². The van der Waals surface area contributed by atoms with Crippen LogP contribution in [0, 0.1) is 0 Å². The molecule has 0 spiro atoms. The van der Waals surface area contributed by atoms with E-state index in [1.807, 2.05) is 31.4 Å². The minimum atomic E-state index is 0.233. The topological polar surface area (TPSA) is 21.3 Å².